The van der Waals surface area contributed by atoms with Crippen molar-refractivity contribution in [3.63, 3.8) is 0 Å². The highest BCUT2D eigenvalue weighted by Crippen LogP contribution is 2.18. The first-order valence-electron chi connectivity index (χ1n) is 6.57. The minimum atomic E-state index is 0.769. The third-order valence-corrected chi connectivity index (χ3v) is 3.46. The first-order chi connectivity index (χ1) is 9.83. The largest absolute Gasteiger partial charge is 0.496 e. The Morgan fingerprint density at radius 3 is 2.70 bits per heavy atom. The van der Waals surface area contributed by atoms with E-state index in [1.165, 1.54) is 5.52 Å². The maximum Gasteiger partial charge on any atom is 0.249 e. The standard InChI is InChI=1S/C17H17N2O/c1-3-18-13-19(16-10-6-5-9-15(16)18)12-14-8-4-7-11-17(14)20-2/h3-11,13H,1,12H2,2H3/q+1. The van der Waals surface area contributed by atoms with Crippen molar-refractivity contribution in [3.05, 3.63) is 67.0 Å². The Balaban J connectivity index is 2.09. The van der Waals surface area contributed by atoms with Gasteiger partial charge in [-0.15, -0.1) is 0 Å². The predicted octanol–water partition coefficient (Wildman–Crippen LogP) is 3.09. The van der Waals surface area contributed by atoms with Gasteiger partial charge < -0.3 is 4.74 Å². The molecule has 0 spiro atoms. The number of imidazole rings is 1. The molecule has 0 saturated heterocycles. The van der Waals surface area contributed by atoms with Crippen LogP contribution in [0.2, 0.25) is 0 Å². The number of rotatable bonds is 4. The molecule has 0 aliphatic carbocycles. The summed E-state index contributed by atoms with van der Waals surface area (Å²) in [5.74, 6) is 0.912. The number of methoxy groups -OCH3 is 1. The van der Waals surface area contributed by atoms with E-state index in [0.29, 0.717) is 0 Å². The van der Waals surface area contributed by atoms with Gasteiger partial charge in [0.15, 0.2) is 11.0 Å². The molecule has 2 aromatic carbocycles. The summed E-state index contributed by atoms with van der Waals surface area (Å²) in [4.78, 5) is 0. The molecule has 1 aromatic heterocycles. The molecule has 3 nitrogen and oxygen atoms in total. The topological polar surface area (TPSA) is 18.0 Å². The highest BCUT2D eigenvalue weighted by atomic mass is 16.5. The number of para-hydroxylation sites is 3. The fraction of sp³-hybridized carbons (Fsp3) is 0.118. The van der Waals surface area contributed by atoms with Crippen molar-refractivity contribution in [2.45, 2.75) is 6.54 Å². The smallest absolute Gasteiger partial charge is 0.249 e. The van der Waals surface area contributed by atoms with Crippen molar-refractivity contribution in [2.75, 3.05) is 7.11 Å². The van der Waals surface area contributed by atoms with E-state index in [4.69, 9.17) is 4.74 Å². The molecule has 0 N–H and O–H groups in total. The molecule has 3 heteroatoms. The van der Waals surface area contributed by atoms with E-state index in [1.807, 2.05) is 35.0 Å². The van der Waals surface area contributed by atoms with Gasteiger partial charge in [0.1, 0.15) is 12.3 Å². The van der Waals surface area contributed by atoms with Crippen molar-refractivity contribution < 1.29 is 9.30 Å². The zero-order valence-electron chi connectivity index (χ0n) is 11.5. The van der Waals surface area contributed by atoms with Crippen LogP contribution in [0.15, 0.2) is 61.4 Å². The van der Waals surface area contributed by atoms with Gasteiger partial charge in [-0.2, -0.15) is 0 Å². The van der Waals surface area contributed by atoms with Crippen LogP contribution in [0.1, 0.15) is 5.56 Å². The second kappa shape index (κ2) is 5.21. The van der Waals surface area contributed by atoms with Crippen LogP contribution in [-0.4, -0.2) is 11.7 Å². The van der Waals surface area contributed by atoms with E-state index in [9.17, 15) is 0 Å². The van der Waals surface area contributed by atoms with Crippen molar-refractivity contribution in [1.29, 1.82) is 0 Å². The van der Waals surface area contributed by atoms with Crippen LogP contribution in [0.3, 0.4) is 0 Å². The molecule has 0 amide bonds. The van der Waals surface area contributed by atoms with Crippen LogP contribution in [0.5, 0.6) is 5.75 Å². The van der Waals surface area contributed by atoms with Crippen LogP contribution in [0, 0.1) is 0 Å². The van der Waals surface area contributed by atoms with Crippen LogP contribution in [0.25, 0.3) is 17.2 Å². The summed E-state index contributed by atoms with van der Waals surface area (Å²) in [7, 11) is 1.70. The van der Waals surface area contributed by atoms with E-state index < -0.39 is 0 Å². The summed E-state index contributed by atoms with van der Waals surface area (Å²) >= 11 is 0. The molecule has 20 heavy (non-hydrogen) atoms. The average molecular weight is 265 g/mol. The molecule has 3 rings (SSSR count). The molecule has 0 saturated carbocycles. The Kier molecular flexibility index (Phi) is 3.25. The number of ether oxygens (including phenoxy) is 1. The monoisotopic (exact) mass is 265 g/mol. The lowest BCUT2D eigenvalue weighted by Crippen LogP contribution is -2.32. The second-order valence-corrected chi connectivity index (χ2v) is 4.63. The highest BCUT2D eigenvalue weighted by Gasteiger charge is 2.15. The zero-order valence-corrected chi connectivity index (χ0v) is 11.5. The van der Waals surface area contributed by atoms with Crippen LogP contribution < -0.4 is 9.30 Å². The van der Waals surface area contributed by atoms with Crippen molar-refractivity contribution in [2.24, 2.45) is 0 Å². The quantitative estimate of drug-likeness (QED) is 0.663. The molecule has 1 heterocycles. The number of hydrogen-bond donors (Lipinski definition) is 0. The second-order valence-electron chi connectivity index (χ2n) is 4.63. The van der Waals surface area contributed by atoms with E-state index in [1.54, 1.807) is 7.11 Å². The number of nitrogens with zero attached hydrogens (tertiary/aromatic N) is 2. The normalized spacial score (nSPS) is 10.7. The Morgan fingerprint density at radius 2 is 1.90 bits per heavy atom. The van der Waals surface area contributed by atoms with E-state index in [2.05, 4.69) is 41.7 Å². The Labute approximate surface area is 118 Å². The third kappa shape index (κ3) is 2.07. The van der Waals surface area contributed by atoms with Gasteiger partial charge in [0.2, 0.25) is 6.33 Å². The van der Waals surface area contributed by atoms with Gasteiger partial charge in [0.25, 0.3) is 0 Å². The molecule has 3 aromatic rings. The van der Waals surface area contributed by atoms with Gasteiger partial charge in [-0.25, -0.2) is 9.13 Å². The maximum atomic E-state index is 5.42. The number of benzene rings is 2. The maximum absolute atomic E-state index is 5.42. The lowest BCUT2D eigenvalue weighted by Gasteiger charge is -2.06. The average Bonchev–Trinajstić information content (AvgIpc) is 2.86. The SMILES string of the molecule is C=Cn1c[n+](Cc2ccccc2OC)c2ccccc21. The van der Waals surface area contributed by atoms with E-state index >= 15 is 0 Å². The summed E-state index contributed by atoms with van der Waals surface area (Å²) in [5, 5.41) is 0. The van der Waals surface area contributed by atoms with Gasteiger partial charge in [0.05, 0.1) is 13.3 Å². The molecule has 0 fully saturated rings. The van der Waals surface area contributed by atoms with Crippen LogP contribution >= 0.6 is 0 Å². The molecule has 0 aliphatic heterocycles. The summed E-state index contributed by atoms with van der Waals surface area (Å²) in [6.07, 6.45) is 3.88. The predicted molar refractivity (Wildman–Crippen MR) is 80.6 cm³/mol. The molecular weight excluding hydrogens is 248 g/mol. The first-order valence-corrected chi connectivity index (χ1v) is 6.57. The fourth-order valence-corrected chi connectivity index (χ4v) is 2.49. The van der Waals surface area contributed by atoms with Gasteiger partial charge >= 0.3 is 0 Å². The Hall–Kier alpha value is -2.55. The first kappa shape index (κ1) is 12.5. The van der Waals surface area contributed by atoms with Crippen molar-refractivity contribution in [3.8, 4) is 5.75 Å². The van der Waals surface area contributed by atoms with Crippen molar-refractivity contribution in [1.82, 2.24) is 4.57 Å². The molecule has 0 bridgehead atoms. The zero-order chi connectivity index (χ0) is 13.9. The number of fused-ring (bicyclic) bond motifs is 1. The number of aromatic nitrogens is 2. The highest BCUT2D eigenvalue weighted by molar-refractivity contribution is 5.73. The summed E-state index contributed by atoms with van der Waals surface area (Å²) in [6, 6.07) is 16.4. The molecule has 0 radical (unpaired) electrons. The van der Waals surface area contributed by atoms with Crippen molar-refractivity contribution >= 4 is 17.2 Å². The molecule has 0 aliphatic rings. The van der Waals surface area contributed by atoms with Gasteiger partial charge in [-0.1, -0.05) is 36.9 Å². The van der Waals surface area contributed by atoms with Crippen LogP contribution in [-0.2, 0) is 6.54 Å². The Bertz CT molecular complexity index is 759. The van der Waals surface area contributed by atoms with E-state index in [0.717, 1.165) is 23.4 Å². The minimum absolute atomic E-state index is 0.769. The van der Waals surface area contributed by atoms with Gasteiger partial charge in [0, 0.05) is 5.56 Å². The third-order valence-electron chi connectivity index (χ3n) is 3.46. The van der Waals surface area contributed by atoms with Crippen LogP contribution in [0.4, 0.5) is 0 Å². The lowest BCUT2D eigenvalue weighted by atomic mass is 10.2. The molecule has 0 unspecified atom stereocenters. The number of hydrogen-bond acceptors (Lipinski definition) is 1. The molecular formula is C17H17N2O+. The fourth-order valence-electron chi connectivity index (χ4n) is 2.49. The summed E-state index contributed by atoms with van der Waals surface area (Å²) in [5.41, 5.74) is 3.49. The lowest BCUT2D eigenvalue weighted by molar-refractivity contribution is -0.662. The molecule has 100 valence electrons. The Morgan fingerprint density at radius 1 is 1.15 bits per heavy atom. The van der Waals surface area contributed by atoms with E-state index in [-0.39, 0.29) is 0 Å². The molecule has 0 atom stereocenters. The summed E-state index contributed by atoms with van der Waals surface area (Å²) in [6.45, 7) is 4.63. The van der Waals surface area contributed by atoms with Gasteiger partial charge in [-0.3, -0.25) is 0 Å². The van der Waals surface area contributed by atoms with Gasteiger partial charge in [-0.05, 0) is 18.2 Å². The minimum Gasteiger partial charge on any atom is -0.496 e. The summed E-state index contributed by atoms with van der Waals surface area (Å²) < 4.78 is 9.66.